The summed E-state index contributed by atoms with van der Waals surface area (Å²) in [6, 6.07) is 7.11. The summed E-state index contributed by atoms with van der Waals surface area (Å²) in [7, 11) is 0. The van der Waals surface area contributed by atoms with Gasteiger partial charge in [0, 0.05) is 24.8 Å². The molecule has 0 aliphatic heterocycles. The number of carbonyl (C=O) groups is 1. The van der Waals surface area contributed by atoms with E-state index >= 15 is 0 Å². The number of benzene rings is 1. The molecule has 1 aromatic carbocycles. The molecule has 2 amide bonds. The number of hydrogen-bond donors (Lipinski definition) is 4. The van der Waals surface area contributed by atoms with E-state index in [1.165, 1.54) is 0 Å². The SMILES string of the molecule is CCNC(=O)Nc1ccc(OC[C@H](O)CNC(C)C)cc1. The lowest BCUT2D eigenvalue weighted by molar-refractivity contribution is 0.104. The van der Waals surface area contributed by atoms with Crippen LogP contribution in [0.3, 0.4) is 0 Å². The van der Waals surface area contributed by atoms with Crippen LogP contribution in [0.15, 0.2) is 24.3 Å². The predicted octanol–water partition coefficient (Wildman–Crippen LogP) is 1.57. The molecule has 0 spiro atoms. The van der Waals surface area contributed by atoms with Crippen LogP contribution in [0.2, 0.25) is 0 Å². The third kappa shape index (κ3) is 7.53. The van der Waals surface area contributed by atoms with Gasteiger partial charge in [-0.15, -0.1) is 0 Å². The summed E-state index contributed by atoms with van der Waals surface area (Å²) in [5.74, 6) is 0.653. The number of amides is 2. The van der Waals surface area contributed by atoms with E-state index in [0.29, 0.717) is 30.6 Å². The molecular formula is C15H25N3O3. The van der Waals surface area contributed by atoms with Crippen LogP contribution in [0.1, 0.15) is 20.8 Å². The van der Waals surface area contributed by atoms with Crippen LogP contribution in [0.25, 0.3) is 0 Å². The van der Waals surface area contributed by atoms with Crippen LogP contribution in [0.5, 0.6) is 5.75 Å². The number of aliphatic hydroxyl groups is 1. The molecule has 0 saturated carbocycles. The zero-order valence-electron chi connectivity index (χ0n) is 12.8. The van der Waals surface area contributed by atoms with Crippen LogP contribution in [-0.2, 0) is 0 Å². The topological polar surface area (TPSA) is 82.6 Å². The first kappa shape index (κ1) is 17.3. The van der Waals surface area contributed by atoms with Gasteiger partial charge in [-0.25, -0.2) is 4.79 Å². The first-order valence-corrected chi connectivity index (χ1v) is 7.20. The summed E-state index contributed by atoms with van der Waals surface area (Å²) in [6.07, 6.45) is -0.555. The Bertz CT molecular complexity index is 421. The second-order valence-corrected chi connectivity index (χ2v) is 5.04. The maximum atomic E-state index is 11.3. The molecule has 1 atom stereocenters. The van der Waals surface area contributed by atoms with E-state index in [1.807, 2.05) is 20.8 Å². The molecule has 0 fully saturated rings. The molecule has 1 aromatic rings. The molecule has 4 N–H and O–H groups in total. The molecule has 21 heavy (non-hydrogen) atoms. The van der Waals surface area contributed by atoms with Gasteiger partial charge in [-0.3, -0.25) is 0 Å². The molecule has 1 rings (SSSR count). The highest BCUT2D eigenvalue weighted by molar-refractivity contribution is 5.89. The van der Waals surface area contributed by atoms with Gasteiger partial charge in [-0.1, -0.05) is 13.8 Å². The molecule has 0 bridgehead atoms. The van der Waals surface area contributed by atoms with E-state index in [0.717, 1.165) is 0 Å². The van der Waals surface area contributed by atoms with Crippen molar-refractivity contribution in [3.63, 3.8) is 0 Å². The largest absolute Gasteiger partial charge is 0.491 e. The average molecular weight is 295 g/mol. The number of ether oxygens (including phenoxy) is 1. The van der Waals surface area contributed by atoms with E-state index in [9.17, 15) is 9.90 Å². The Kier molecular flexibility index (Phi) is 7.56. The Hall–Kier alpha value is -1.79. The highest BCUT2D eigenvalue weighted by Crippen LogP contribution is 2.15. The number of anilines is 1. The molecule has 6 heteroatoms. The Morgan fingerprint density at radius 2 is 1.95 bits per heavy atom. The quantitative estimate of drug-likeness (QED) is 0.586. The monoisotopic (exact) mass is 295 g/mol. The fourth-order valence-corrected chi connectivity index (χ4v) is 1.59. The van der Waals surface area contributed by atoms with Crippen LogP contribution in [-0.4, -0.2) is 43.0 Å². The van der Waals surface area contributed by atoms with Gasteiger partial charge in [0.05, 0.1) is 0 Å². The number of aliphatic hydroxyl groups excluding tert-OH is 1. The van der Waals surface area contributed by atoms with E-state index in [-0.39, 0.29) is 12.6 Å². The lowest BCUT2D eigenvalue weighted by atomic mass is 10.3. The van der Waals surface area contributed by atoms with Crippen molar-refractivity contribution in [2.45, 2.75) is 32.9 Å². The van der Waals surface area contributed by atoms with E-state index in [4.69, 9.17) is 4.74 Å². The summed E-state index contributed by atoms with van der Waals surface area (Å²) >= 11 is 0. The molecule has 0 aromatic heterocycles. The summed E-state index contributed by atoms with van der Waals surface area (Å²) in [5, 5.41) is 18.2. The third-order valence-electron chi connectivity index (χ3n) is 2.65. The van der Waals surface area contributed by atoms with E-state index in [1.54, 1.807) is 24.3 Å². The lowest BCUT2D eigenvalue weighted by Crippen LogP contribution is -2.35. The summed E-state index contributed by atoms with van der Waals surface area (Å²) in [6.45, 7) is 7.20. The maximum absolute atomic E-state index is 11.3. The van der Waals surface area contributed by atoms with Gasteiger partial charge in [0.25, 0.3) is 0 Å². The van der Waals surface area contributed by atoms with Crippen LogP contribution >= 0.6 is 0 Å². The molecule has 0 radical (unpaired) electrons. The van der Waals surface area contributed by atoms with Crippen molar-refractivity contribution in [1.82, 2.24) is 10.6 Å². The highest BCUT2D eigenvalue weighted by atomic mass is 16.5. The van der Waals surface area contributed by atoms with Crippen LogP contribution < -0.4 is 20.7 Å². The van der Waals surface area contributed by atoms with Crippen LogP contribution in [0.4, 0.5) is 10.5 Å². The number of rotatable bonds is 8. The highest BCUT2D eigenvalue weighted by Gasteiger charge is 2.06. The molecule has 0 saturated heterocycles. The maximum Gasteiger partial charge on any atom is 0.319 e. The Labute approximate surface area is 125 Å². The lowest BCUT2D eigenvalue weighted by Gasteiger charge is -2.15. The standard InChI is InChI=1S/C15H25N3O3/c1-4-16-15(20)18-12-5-7-14(8-6-12)21-10-13(19)9-17-11(2)3/h5-8,11,13,17,19H,4,9-10H2,1-3H3,(H2,16,18,20)/t13-/m1/s1. The van der Waals surface area contributed by atoms with Gasteiger partial charge in [0.1, 0.15) is 18.5 Å². The molecule has 118 valence electrons. The fourth-order valence-electron chi connectivity index (χ4n) is 1.59. The zero-order chi connectivity index (χ0) is 15.7. The first-order chi connectivity index (χ1) is 10.0. The normalized spacial score (nSPS) is 12.0. The van der Waals surface area contributed by atoms with Crippen LogP contribution in [0, 0.1) is 0 Å². The molecule has 0 aliphatic rings. The summed E-state index contributed by atoms with van der Waals surface area (Å²) in [5.41, 5.74) is 0.690. The van der Waals surface area contributed by atoms with Crippen molar-refractivity contribution in [1.29, 1.82) is 0 Å². The van der Waals surface area contributed by atoms with Crippen molar-refractivity contribution in [2.75, 3.05) is 25.0 Å². The Morgan fingerprint density at radius 1 is 1.29 bits per heavy atom. The van der Waals surface area contributed by atoms with Gasteiger partial charge in [-0.2, -0.15) is 0 Å². The Balaban J connectivity index is 2.35. The number of nitrogens with one attached hydrogen (secondary N) is 3. The van der Waals surface area contributed by atoms with E-state index in [2.05, 4.69) is 16.0 Å². The fraction of sp³-hybridized carbons (Fsp3) is 0.533. The molecule has 0 aliphatic carbocycles. The van der Waals surface area contributed by atoms with Crippen molar-refractivity contribution in [3.05, 3.63) is 24.3 Å². The minimum atomic E-state index is -0.555. The number of hydrogen-bond acceptors (Lipinski definition) is 4. The van der Waals surface area contributed by atoms with Gasteiger partial charge in [-0.05, 0) is 31.2 Å². The molecule has 0 heterocycles. The minimum Gasteiger partial charge on any atom is -0.491 e. The third-order valence-corrected chi connectivity index (χ3v) is 2.65. The van der Waals surface area contributed by atoms with Crippen molar-refractivity contribution < 1.29 is 14.6 Å². The number of carbonyl (C=O) groups excluding carboxylic acids is 1. The van der Waals surface area contributed by atoms with Crippen molar-refractivity contribution in [3.8, 4) is 5.75 Å². The second-order valence-electron chi connectivity index (χ2n) is 5.04. The Morgan fingerprint density at radius 3 is 2.52 bits per heavy atom. The first-order valence-electron chi connectivity index (χ1n) is 7.20. The zero-order valence-corrected chi connectivity index (χ0v) is 12.8. The van der Waals surface area contributed by atoms with Gasteiger partial charge < -0.3 is 25.8 Å². The summed E-state index contributed by atoms with van der Waals surface area (Å²) < 4.78 is 5.49. The molecule has 0 unspecified atom stereocenters. The van der Waals surface area contributed by atoms with E-state index < -0.39 is 6.10 Å². The smallest absolute Gasteiger partial charge is 0.319 e. The van der Waals surface area contributed by atoms with Crippen molar-refractivity contribution >= 4 is 11.7 Å². The van der Waals surface area contributed by atoms with Crippen molar-refractivity contribution in [2.24, 2.45) is 0 Å². The minimum absolute atomic E-state index is 0.225. The summed E-state index contributed by atoms with van der Waals surface area (Å²) in [4.78, 5) is 11.3. The predicted molar refractivity (Wildman–Crippen MR) is 83.8 cm³/mol. The van der Waals surface area contributed by atoms with Gasteiger partial charge in [0.2, 0.25) is 0 Å². The van der Waals surface area contributed by atoms with Gasteiger partial charge in [0.15, 0.2) is 0 Å². The molecular weight excluding hydrogens is 270 g/mol. The van der Waals surface area contributed by atoms with Gasteiger partial charge >= 0.3 is 6.03 Å². The number of urea groups is 1. The molecule has 6 nitrogen and oxygen atoms in total. The average Bonchev–Trinajstić information content (AvgIpc) is 2.44. The second kappa shape index (κ2) is 9.20.